The second-order valence-corrected chi connectivity index (χ2v) is 6.38. The van der Waals surface area contributed by atoms with Crippen LogP contribution in [0.1, 0.15) is 11.1 Å². The van der Waals surface area contributed by atoms with E-state index >= 15 is 0 Å². The van der Waals surface area contributed by atoms with Crippen LogP contribution in [0.25, 0.3) is 0 Å². The fourth-order valence-electron chi connectivity index (χ4n) is 2.17. The van der Waals surface area contributed by atoms with E-state index in [1.165, 1.54) is 5.56 Å². The number of anilines is 2. The SMILES string of the molecule is O=C1CN(Nc2nc(Cl)nc(NCc3ccc(CNI)cc3)n2)C(=O)N1. The molecule has 1 fully saturated rings. The summed E-state index contributed by atoms with van der Waals surface area (Å²) in [6.07, 6.45) is 0. The van der Waals surface area contributed by atoms with Gasteiger partial charge in [-0.2, -0.15) is 15.0 Å². The van der Waals surface area contributed by atoms with Crippen LogP contribution in [0.3, 0.4) is 0 Å². The predicted molar refractivity (Wildman–Crippen MR) is 103 cm³/mol. The Balaban J connectivity index is 1.63. The van der Waals surface area contributed by atoms with E-state index in [9.17, 15) is 9.59 Å². The second-order valence-electron chi connectivity index (χ2n) is 5.28. The summed E-state index contributed by atoms with van der Waals surface area (Å²) < 4.78 is 3.06. The molecule has 1 aliphatic heterocycles. The van der Waals surface area contributed by atoms with Crippen LogP contribution >= 0.6 is 34.5 Å². The Labute approximate surface area is 167 Å². The van der Waals surface area contributed by atoms with Crippen LogP contribution in [0.4, 0.5) is 16.7 Å². The Hall–Kier alpha value is -2.25. The number of hydrogen-bond acceptors (Lipinski definition) is 8. The third-order valence-corrected chi connectivity index (χ3v) is 3.93. The number of amides is 3. The van der Waals surface area contributed by atoms with Crippen molar-refractivity contribution in [3.8, 4) is 0 Å². The first-order valence-electron chi connectivity index (χ1n) is 7.48. The fourth-order valence-corrected chi connectivity index (χ4v) is 2.77. The van der Waals surface area contributed by atoms with Crippen molar-refractivity contribution in [2.75, 3.05) is 17.3 Å². The molecule has 4 N–H and O–H groups in total. The molecule has 12 heteroatoms. The highest BCUT2D eigenvalue weighted by molar-refractivity contribution is 14.1. The molecule has 26 heavy (non-hydrogen) atoms. The predicted octanol–water partition coefficient (Wildman–Crippen LogP) is 1.46. The van der Waals surface area contributed by atoms with Crippen molar-refractivity contribution in [3.05, 3.63) is 40.7 Å². The molecule has 0 saturated carbocycles. The van der Waals surface area contributed by atoms with Gasteiger partial charge in [0.15, 0.2) is 0 Å². The van der Waals surface area contributed by atoms with Gasteiger partial charge in [0.2, 0.25) is 23.1 Å². The Kier molecular flexibility index (Phi) is 6.00. The monoisotopic (exact) mass is 488 g/mol. The van der Waals surface area contributed by atoms with Crippen molar-refractivity contribution in [2.24, 2.45) is 0 Å². The lowest BCUT2D eigenvalue weighted by Gasteiger charge is -2.15. The van der Waals surface area contributed by atoms with Crippen LogP contribution < -0.4 is 19.6 Å². The van der Waals surface area contributed by atoms with Crippen LogP contribution in [0.15, 0.2) is 24.3 Å². The lowest BCUT2D eigenvalue weighted by atomic mass is 10.1. The van der Waals surface area contributed by atoms with E-state index in [0.29, 0.717) is 6.54 Å². The molecule has 136 valence electrons. The average Bonchev–Trinajstić information content (AvgIpc) is 2.91. The maximum absolute atomic E-state index is 11.6. The summed E-state index contributed by atoms with van der Waals surface area (Å²) in [5.41, 5.74) is 4.84. The Morgan fingerprint density at radius 3 is 2.35 bits per heavy atom. The number of nitrogens with zero attached hydrogens (tertiary/aromatic N) is 4. The van der Waals surface area contributed by atoms with Crippen molar-refractivity contribution >= 4 is 58.3 Å². The number of aromatic nitrogens is 3. The molecule has 0 aliphatic carbocycles. The number of carbonyl (C=O) groups is 2. The minimum absolute atomic E-state index is 0.0422. The van der Waals surface area contributed by atoms with E-state index in [4.69, 9.17) is 11.6 Å². The zero-order valence-corrected chi connectivity index (χ0v) is 16.2. The van der Waals surface area contributed by atoms with E-state index in [0.717, 1.165) is 17.1 Å². The van der Waals surface area contributed by atoms with Crippen LogP contribution in [-0.4, -0.2) is 38.4 Å². The molecule has 2 heterocycles. The number of benzene rings is 1. The zero-order chi connectivity index (χ0) is 18.5. The van der Waals surface area contributed by atoms with Gasteiger partial charge in [-0.25, -0.2) is 9.80 Å². The van der Waals surface area contributed by atoms with Gasteiger partial charge in [-0.1, -0.05) is 24.3 Å². The summed E-state index contributed by atoms with van der Waals surface area (Å²) in [5, 5.41) is 6.20. The van der Waals surface area contributed by atoms with Gasteiger partial charge in [-0.05, 0) is 22.7 Å². The summed E-state index contributed by atoms with van der Waals surface area (Å²) in [6, 6.07) is 7.47. The molecule has 10 nitrogen and oxygen atoms in total. The van der Waals surface area contributed by atoms with E-state index in [-0.39, 0.29) is 23.7 Å². The molecule has 0 atom stereocenters. The maximum Gasteiger partial charge on any atom is 0.343 e. The molecule has 0 bridgehead atoms. The largest absolute Gasteiger partial charge is 0.350 e. The molecule has 1 aromatic carbocycles. The fraction of sp³-hybridized carbons (Fsp3) is 0.214. The minimum Gasteiger partial charge on any atom is -0.350 e. The van der Waals surface area contributed by atoms with Crippen molar-refractivity contribution in [1.29, 1.82) is 0 Å². The van der Waals surface area contributed by atoms with E-state index in [2.05, 4.69) is 57.4 Å². The summed E-state index contributed by atoms with van der Waals surface area (Å²) in [5.74, 6) is -0.112. The number of halogens is 2. The molecule has 0 radical (unpaired) electrons. The van der Waals surface area contributed by atoms with Crippen molar-refractivity contribution in [1.82, 2.24) is 28.8 Å². The smallest absolute Gasteiger partial charge is 0.343 e. The summed E-state index contributed by atoms with van der Waals surface area (Å²) in [7, 11) is 0. The normalized spacial score (nSPS) is 13.7. The molecular formula is C14H14ClIN8O2. The van der Waals surface area contributed by atoms with Crippen LogP contribution in [0.5, 0.6) is 0 Å². The van der Waals surface area contributed by atoms with E-state index in [1.54, 1.807) is 0 Å². The van der Waals surface area contributed by atoms with Gasteiger partial charge in [0.05, 0.1) is 0 Å². The van der Waals surface area contributed by atoms with Gasteiger partial charge >= 0.3 is 6.03 Å². The molecule has 3 rings (SSSR count). The molecule has 0 unspecified atom stereocenters. The molecule has 0 spiro atoms. The Bertz CT molecular complexity index is 819. The number of imide groups is 1. The molecule has 1 saturated heterocycles. The Morgan fingerprint density at radius 1 is 1.08 bits per heavy atom. The van der Waals surface area contributed by atoms with Crippen molar-refractivity contribution in [2.45, 2.75) is 13.1 Å². The first-order valence-corrected chi connectivity index (χ1v) is 8.94. The summed E-state index contributed by atoms with van der Waals surface area (Å²) in [6.45, 7) is 1.14. The number of hydrazine groups is 1. The van der Waals surface area contributed by atoms with Gasteiger partial charge in [-0.3, -0.25) is 19.1 Å². The molecule has 1 aromatic heterocycles. The number of nitrogens with one attached hydrogen (secondary N) is 4. The highest BCUT2D eigenvalue weighted by atomic mass is 127. The summed E-state index contributed by atoms with van der Waals surface area (Å²) >= 11 is 8.00. The van der Waals surface area contributed by atoms with Crippen LogP contribution in [-0.2, 0) is 17.9 Å². The third kappa shape index (κ3) is 4.89. The lowest BCUT2D eigenvalue weighted by molar-refractivity contribution is -0.118. The molecule has 1 aliphatic rings. The number of urea groups is 1. The highest BCUT2D eigenvalue weighted by Gasteiger charge is 2.27. The molecule has 2 aromatic rings. The average molecular weight is 489 g/mol. The Morgan fingerprint density at radius 2 is 1.73 bits per heavy atom. The van der Waals surface area contributed by atoms with E-state index < -0.39 is 11.9 Å². The van der Waals surface area contributed by atoms with E-state index in [1.807, 2.05) is 24.3 Å². The maximum atomic E-state index is 11.6. The third-order valence-electron chi connectivity index (χ3n) is 3.38. The van der Waals surface area contributed by atoms with Gasteiger partial charge < -0.3 is 5.32 Å². The lowest BCUT2D eigenvalue weighted by Crippen LogP contribution is -2.34. The number of hydrogen-bond donors (Lipinski definition) is 4. The standard InChI is InChI=1S/C14H14ClIN8O2/c15-11-20-12(17-5-8-1-3-9(4-2-8)6-18-16)22-13(21-11)23-24-7-10(25)19-14(24)26/h1-4,18H,5-7H2,(H,19,25,26)(H2,17,20,21,22,23). The number of rotatable bonds is 7. The first-order chi connectivity index (χ1) is 12.5. The quantitative estimate of drug-likeness (QED) is 0.262. The number of carbonyl (C=O) groups excluding carboxylic acids is 2. The van der Waals surface area contributed by atoms with Gasteiger partial charge in [0.25, 0.3) is 0 Å². The van der Waals surface area contributed by atoms with Gasteiger partial charge in [0.1, 0.15) is 6.54 Å². The van der Waals surface area contributed by atoms with Gasteiger partial charge in [-0.15, -0.1) is 0 Å². The topological polar surface area (TPSA) is 124 Å². The highest BCUT2D eigenvalue weighted by Crippen LogP contribution is 2.13. The van der Waals surface area contributed by atoms with Crippen molar-refractivity contribution < 1.29 is 9.59 Å². The minimum atomic E-state index is -0.581. The zero-order valence-electron chi connectivity index (χ0n) is 13.3. The van der Waals surface area contributed by atoms with Crippen LogP contribution in [0, 0.1) is 0 Å². The van der Waals surface area contributed by atoms with Crippen molar-refractivity contribution in [3.63, 3.8) is 0 Å². The molecule has 3 amide bonds. The molecular weight excluding hydrogens is 475 g/mol. The van der Waals surface area contributed by atoms with Crippen LogP contribution in [0.2, 0.25) is 5.28 Å². The summed E-state index contributed by atoms with van der Waals surface area (Å²) in [4.78, 5) is 34.8. The van der Waals surface area contributed by atoms with Gasteiger partial charge in [0, 0.05) is 36.0 Å². The first kappa shape index (κ1) is 18.5. The second kappa shape index (κ2) is 8.42.